The van der Waals surface area contributed by atoms with Crippen LogP contribution in [0.15, 0.2) is 41.3 Å². The molecular formula is C14H7Cl2NO6S-2. The van der Waals surface area contributed by atoms with E-state index in [-0.39, 0.29) is 15.7 Å². The summed E-state index contributed by atoms with van der Waals surface area (Å²) in [5, 5.41) is 21.5. The highest BCUT2D eigenvalue weighted by Gasteiger charge is 2.22. The Morgan fingerprint density at radius 3 is 1.79 bits per heavy atom. The van der Waals surface area contributed by atoms with Gasteiger partial charge in [-0.1, -0.05) is 29.3 Å². The third-order valence-corrected chi connectivity index (χ3v) is 5.18. The first-order chi connectivity index (χ1) is 11.1. The van der Waals surface area contributed by atoms with Crippen molar-refractivity contribution in [2.75, 3.05) is 4.72 Å². The summed E-state index contributed by atoms with van der Waals surface area (Å²) in [6.45, 7) is 0. The third-order valence-electron chi connectivity index (χ3n) is 2.84. The molecule has 0 aliphatic heterocycles. The van der Waals surface area contributed by atoms with Gasteiger partial charge < -0.3 is 19.8 Å². The first kappa shape index (κ1) is 18.1. The van der Waals surface area contributed by atoms with Crippen molar-refractivity contribution in [2.24, 2.45) is 0 Å². The Hall–Kier alpha value is -2.29. The van der Waals surface area contributed by atoms with E-state index in [2.05, 4.69) is 0 Å². The summed E-state index contributed by atoms with van der Waals surface area (Å²) in [7, 11) is -4.30. The fourth-order valence-electron chi connectivity index (χ4n) is 1.87. The Labute approximate surface area is 146 Å². The van der Waals surface area contributed by atoms with Crippen molar-refractivity contribution in [2.45, 2.75) is 4.90 Å². The standard InChI is InChI=1S/C14H9Cl2NO6S/c15-10-2-1-3-11(16)12(10)24(22,23)17-9-5-7(13(18)19)4-8(6-9)14(20)21/h1-6,17H,(H,18,19)(H,20,21)/p-2. The average Bonchev–Trinajstić information content (AvgIpc) is 2.45. The fraction of sp³-hybridized carbons (Fsp3) is 0. The van der Waals surface area contributed by atoms with E-state index in [4.69, 9.17) is 23.2 Å². The molecule has 7 nitrogen and oxygen atoms in total. The Morgan fingerprint density at radius 2 is 1.38 bits per heavy atom. The molecule has 0 saturated heterocycles. The van der Waals surface area contributed by atoms with Gasteiger partial charge in [-0.2, -0.15) is 0 Å². The van der Waals surface area contributed by atoms with E-state index >= 15 is 0 Å². The van der Waals surface area contributed by atoms with Gasteiger partial charge in [-0.25, -0.2) is 8.42 Å². The van der Waals surface area contributed by atoms with Crippen molar-refractivity contribution >= 4 is 50.9 Å². The molecule has 2 aromatic rings. The smallest absolute Gasteiger partial charge is 0.264 e. The number of carboxylic acid groups (broad SMARTS) is 2. The minimum Gasteiger partial charge on any atom is -0.545 e. The molecule has 0 bridgehead atoms. The third kappa shape index (κ3) is 3.78. The Balaban J connectivity index is 2.54. The molecule has 0 heterocycles. The number of anilines is 1. The molecule has 0 aliphatic rings. The number of carboxylic acids is 2. The molecule has 0 saturated carbocycles. The molecule has 0 radical (unpaired) electrons. The van der Waals surface area contributed by atoms with E-state index in [1.54, 1.807) is 0 Å². The lowest BCUT2D eigenvalue weighted by Gasteiger charge is -2.14. The highest BCUT2D eigenvalue weighted by atomic mass is 35.5. The van der Waals surface area contributed by atoms with Gasteiger partial charge >= 0.3 is 0 Å². The number of halogens is 2. The molecule has 126 valence electrons. The first-order valence-electron chi connectivity index (χ1n) is 6.16. The predicted molar refractivity (Wildman–Crippen MR) is 82.4 cm³/mol. The molecule has 0 atom stereocenters. The maximum Gasteiger partial charge on any atom is 0.264 e. The number of aromatic carboxylic acids is 2. The van der Waals surface area contributed by atoms with Crippen molar-refractivity contribution in [1.82, 2.24) is 0 Å². The number of rotatable bonds is 5. The van der Waals surface area contributed by atoms with Crippen molar-refractivity contribution in [3.05, 3.63) is 57.6 Å². The van der Waals surface area contributed by atoms with Crippen LogP contribution in [0.25, 0.3) is 0 Å². The van der Waals surface area contributed by atoms with Crippen LogP contribution in [0, 0.1) is 0 Å². The van der Waals surface area contributed by atoms with Gasteiger partial charge in [0.05, 0.1) is 27.7 Å². The van der Waals surface area contributed by atoms with E-state index in [1.807, 2.05) is 4.72 Å². The Kier molecular flexibility index (Phi) is 5.02. The van der Waals surface area contributed by atoms with Crippen LogP contribution in [-0.2, 0) is 10.0 Å². The van der Waals surface area contributed by atoms with E-state index in [9.17, 15) is 28.2 Å². The molecule has 0 amide bonds. The van der Waals surface area contributed by atoms with Crippen LogP contribution < -0.4 is 14.9 Å². The first-order valence-corrected chi connectivity index (χ1v) is 8.40. The molecule has 0 unspecified atom stereocenters. The number of carbonyl (C=O) groups is 2. The van der Waals surface area contributed by atoms with Gasteiger partial charge in [-0.3, -0.25) is 4.72 Å². The maximum absolute atomic E-state index is 12.4. The van der Waals surface area contributed by atoms with Crippen LogP contribution in [0.3, 0.4) is 0 Å². The second kappa shape index (κ2) is 6.68. The van der Waals surface area contributed by atoms with Gasteiger partial charge in [-0.15, -0.1) is 0 Å². The van der Waals surface area contributed by atoms with Crippen LogP contribution >= 0.6 is 23.2 Å². The second-order valence-corrected chi connectivity index (χ2v) is 6.96. The summed E-state index contributed by atoms with van der Waals surface area (Å²) in [6.07, 6.45) is 0. The van der Waals surface area contributed by atoms with Crippen LogP contribution in [0.4, 0.5) is 5.69 Å². The molecular weight excluding hydrogens is 381 g/mol. The van der Waals surface area contributed by atoms with Crippen LogP contribution in [0.5, 0.6) is 0 Å². The van der Waals surface area contributed by atoms with E-state index in [1.165, 1.54) is 18.2 Å². The normalized spacial score (nSPS) is 11.1. The largest absolute Gasteiger partial charge is 0.545 e. The van der Waals surface area contributed by atoms with E-state index in [0.717, 1.165) is 18.2 Å². The summed E-state index contributed by atoms with van der Waals surface area (Å²) in [4.78, 5) is 21.4. The minimum atomic E-state index is -4.30. The lowest BCUT2D eigenvalue weighted by Crippen LogP contribution is -2.26. The van der Waals surface area contributed by atoms with Gasteiger partial charge in [0.15, 0.2) is 0 Å². The molecule has 2 aromatic carbocycles. The molecule has 24 heavy (non-hydrogen) atoms. The van der Waals surface area contributed by atoms with Gasteiger partial charge in [0, 0.05) is 0 Å². The quantitative estimate of drug-likeness (QED) is 0.796. The topological polar surface area (TPSA) is 126 Å². The van der Waals surface area contributed by atoms with Crippen molar-refractivity contribution in [3.8, 4) is 0 Å². The summed E-state index contributed by atoms with van der Waals surface area (Å²) >= 11 is 11.7. The molecule has 1 N–H and O–H groups in total. The maximum atomic E-state index is 12.4. The number of nitrogens with one attached hydrogen (secondary N) is 1. The summed E-state index contributed by atoms with van der Waals surface area (Å²) in [5.74, 6) is -3.37. The lowest BCUT2D eigenvalue weighted by molar-refractivity contribution is -0.255. The molecule has 0 spiro atoms. The van der Waals surface area contributed by atoms with Crippen molar-refractivity contribution in [3.63, 3.8) is 0 Å². The van der Waals surface area contributed by atoms with Crippen LogP contribution in [0.1, 0.15) is 20.7 Å². The fourth-order valence-corrected chi connectivity index (χ4v) is 4.05. The van der Waals surface area contributed by atoms with E-state index in [0.29, 0.717) is 0 Å². The summed E-state index contributed by atoms with van der Waals surface area (Å²) in [5.41, 5.74) is -1.41. The highest BCUT2D eigenvalue weighted by molar-refractivity contribution is 7.93. The summed E-state index contributed by atoms with van der Waals surface area (Å²) < 4.78 is 26.8. The lowest BCUT2D eigenvalue weighted by atomic mass is 10.1. The molecule has 2 rings (SSSR count). The minimum absolute atomic E-state index is 0.161. The van der Waals surface area contributed by atoms with Gasteiger partial charge in [0.2, 0.25) is 0 Å². The Morgan fingerprint density at radius 1 is 0.917 bits per heavy atom. The van der Waals surface area contributed by atoms with Gasteiger partial charge in [0.1, 0.15) is 4.90 Å². The molecule has 0 fully saturated rings. The van der Waals surface area contributed by atoms with Crippen LogP contribution in [-0.4, -0.2) is 20.4 Å². The Bertz CT molecular complexity index is 890. The van der Waals surface area contributed by atoms with E-state index < -0.39 is 38.0 Å². The SMILES string of the molecule is O=C([O-])c1cc(NS(=O)(=O)c2c(Cl)cccc2Cl)cc(C(=O)[O-])c1. The zero-order chi connectivity index (χ0) is 18.1. The molecule has 0 aromatic heterocycles. The molecule has 10 heteroatoms. The van der Waals surface area contributed by atoms with Gasteiger partial charge in [0.25, 0.3) is 10.0 Å². The van der Waals surface area contributed by atoms with Crippen molar-refractivity contribution < 1.29 is 28.2 Å². The number of carbonyl (C=O) groups excluding carboxylic acids is 2. The highest BCUT2D eigenvalue weighted by Crippen LogP contribution is 2.30. The zero-order valence-corrected chi connectivity index (χ0v) is 13.9. The van der Waals surface area contributed by atoms with Crippen LogP contribution in [0.2, 0.25) is 10.0 Å². The summed E-state index contributed by atoms with van der Waals surface area (Å²) in [6, 6.07) is 6.60. The van der Waals surface area contributed by atoms with Gasteiger partial charge in [-0.05, 0) is 41.5 Å². The predicted octanol–water partition coefficient (Wildman–Crippen LogP) is 0.521. The monoisotopic (exact) mass is 387 g/mol. The zero-order valence-electron chi connectivity index (χ0n) is 11.6. The number of sulfonamides is 1. The average molecular weight is 388 g/mol. The number of benzene rings is 2. The number of hydrogen-bond donors (Lipinski definition) is 1. The second-order valence-electron chi connectivity index (χ2n) is 4.53. The molecule has 0 aliphatic carbocycles. The van der Waals surface area contributed by atoms with Crippen molar-refractivity contribution in [1.29, 1.82) is 0 Å². The number of hydrogen-bond acceptors (Lipinski definition) is 6.